The van der Waals surface area contributed by atoms with Gasteiger partial charge in [-0.1, -0.05) is 5.92 Å². The Kier molecular flexibility index (Phi) is 4.40. The van der Waals surface area contributed by atoms with Gasteiger partial charge in [0.05, 0.1) is 24.0 Å². The highest BCUT2D eigenvalue weighted by molar-refractivity contribution is 5.97. The van der Waals surface area contributed by atoms with Crippen molar-refractivity contribution in [3.63, 3.8) is 0 Å². The molecule has 3 rings (SSSR count). The molecule has 0 saturated carbocycles. The van der Waals surface area contributed by atoms with Gasteiger partial charge in [0.1, 0.15) is 6.61 Å². The summed E-state index contributed by atoms with van der Waals surface area (Å²) < 4.78 is 5.42. The molecule has 1 fully saturated rings. The largest absolute Gasteiger partial charge is 0.368 e. The maximum atomic E-state index is 12.7. The number of carbonyl (C=O) groups excluding carboxylic acids is 1. The molecule has 5 heteroatoms. The van der Waals surface area contributed by atoms with Gasteiger partial charge < -0.3 is 14.6 Å². The Labute approximate surface area is 129 Å². The second-order valence-electron chi connectivity index (χ2n) is 5.61. The van der Waals surface area contributed by atoms with E-state index in [1.807, 2.05) is 23.1 Å². The Bertz CT molecular complexity index is 701. The molecule has 1 aromatic heterocycles. The van der Waals surface area contributed by atoms with Gasteiger partial charge in [0.15, 0.2) is 0 Å². The maximum absolute atomic E-state index is 12.7. The molecule has 1 aliphatic heterocycles. The topological polar surface area (TPSA) is 58.2 Å². The van der Waals surface area contributed by atoms with Crippen molar-refractivity contribution in [2.45, 2.75) is 12.8 Å². The lowest BCUT2D eigenvalue weighted by atomic mass is 9.98. The van der Waals surface area contributed by atoms with E-state index in [1.165, 1.54) is 0 Å². The van der Waals surface area contributed by atoms with Crippen molar-refractivity contribution in [2.75, 3.05) is 26.3 Å². The lowest BCUT2D eigenvalue weighted by Gasteiger charge is -2.32. The zero-order valence-electron chi connectivity index (χ0n) is 12.4. The standard InChI is InChI=1S/C17H19N3O2/c1-2-8-22-11-13-4-3-7-20(10-13)17(21)14-5-6-15-16(9-14)19-12-18-15/h1,5-6,9,12-13H,3-4,7-8,10-11H2,(H,18,19). The molecule has 1 saturated heterocycles. The Morgan fingerprint density at radius 3 is 3.32 bits per heavy atom. The second-order valence-corrected chi connectivity index (χ2v) is 5.61. The Morgan fingerprint density at radius 2 is 2.45 bits per heavy atom. The zero-order chi connectivity index (χ0) is 15.4. The molecule has 1 unspecified atom stereocenters. The quantitative estimate of drug-likeness (QED) is 0.694. The minimum atomic E-state index is 0.0677. The number of aromatic nitrogens is 2. The van der Waals surface area contributed by atoms with E-state index in [1.54, 1.807) is 6.33 Å². The number of hydrogen-bond donors (Lipinski definition) is 1. The molecule has 0 spiro atoms. The van der Waals surface area contributed by atoms with Crippen LogP contribution < -0.4 is 0 Å². The summed E-state index contributed by atoms with van der Waals surface area (Å²) in [5.41, 5.74) is 2.45. The number of hydrogen-bond acceptors (Lipinski definition) is 3. The summed E-state index contributed by atoms with van der Waals surface area (Å²) in [6.07, 6.45) is 8.90. The summed E-state index contributed by atoms with van der Waals surface area (Å²) in [5, 5.41) is 0. The number of ether oxygens (including phenoxy) is 1. The predicted octanol–water partition coefficient (Wildman–Crippen LogP) is 2.06. The molecular weight excluding hydrogens is 278 g/mol. The summed E-state index contributed by atoms with van der Waals surface area (Å²) in [7, 11) is 0. The Hall–Kier alpha value is -2.32. The van der Waals surface area contributed by atoms with E-state index < -0.39 is 0 Å². The zero-order valence-corrected chi connectivity index (χ0v) is 12.4. The molecule has 5 nitrogen and oxygen atoms in total. The van der Waals surface area contributed by atoms with E-state index >= 15 is 0 Å². The minimum Gasteiger partial charge on any atom is -0.368 e. The van der Waals surface area contributed by atoms with Crippen LogP contribution in [-0.4, -0.2) is 47.1 Å². The van der Waals surface area contributed by atoms with Crippen molar-refractivity contribution in [3.8, 4) is 12.3 Å². The first-order valence-electron chi connectivity index (χ1n) is 7.51. The number of aromatic amines is 1. The number of piperidine rings is 1. The number of benzene rings is 1. The minimum absolute atomic E-state index is 0.0677. The van der Waals surface area contributed by atoms with Gasteiger partial charge in [-0.2, -0.15) is 0 Å². The van der Waals surface area contributed by atoms with Gasteiger partial charge in [-0.15, -0.1) is 6.42 Å². The SMILES string of the molecule is C#CCOCC1CCCN(C(=O)c2ccc3nc[nH]c3c2)C1. The van der Waals surface area contributed by atoms with Crippen molar-refractivity contribution < 1.29 is 9.53 Å². The van der Waals surface area contributed by atoms with Crippen LogP contribution in [-0.2, 0) is 4.74 Å². The third-order valence-electron chi connectivity index (χ3n) is 4.01. The van der Waals surface area contributed by atoms with E-state index in [2.05, 4.69) is 15.9 Å². The van der Waals surface area contributed by atoms with Crippen LogP contribution in [0.4, 0.5) is 0 Å². The van der Waals surface area contributed by atoms with E-state index in [0.29, 0.717) is 24.7 Å². The number of carbonyl (C=O) groups is 1. The summed E-state index contributed by atoms with van der Waals surface area (Å²) in [4.78, 5) is 21.8. The molecule has 1 aromatic carbocycles. The van der Waals surface area contributed by atoms with Crippen LogP contribution in [0.2, 0.25) is 0 Å². The number of fused-ring (bicyclic) bond motifs is 1. The molecule has 0 aliphatic carbocycles. The fourth-order valence-electron chi connectivity index (χ4n) is 2.92. The van der Waals surface area contributed by atoms with E-state index in [4.69, 9.17) is 11.2 Å². The number of likely N-dealkylation sites (tertiary alicyclic amines) is 1. The lowest BCUT2D eigenvalue weighted by Crippen LogP contribution is -2.41. The average Bonchev–Trinajstić information content (AvgIpc) is 3.02. The second kappa shape index (κ2) is 6.63. The van der Waals surface area contributed by atoms with Gasteiger partial charge in [0.25, 0.3) is 5.91 Å². The van der Waals surface area contributed by atoms with Gasteiger partial charge in [0.2, 0.25) is 0 Å². The summed E-state index contributed by atoms with van der Waals surface area (Å²) in [6.45, 7) is 2.48. The van der Waals surface area contributed by atoms with Crippen LogP contribution in [0.3, 0.4) is 0 Å². The highest BCUT2D eigenvalue weighted by Crippen LogP contribution is 2.20. The molecule has 1 amide bonds. The fraction of sp³-hybridized carbons (Fsp3) is 0.412. The van der Waals surface area contributed by atoms with Crippen LogP contribution >= 0.6 is 0 Å². The first-order valence-corrected chi connectivity index (χ1v) is 7.51. The van der Waals surface area contributed by atoms with E-state index in [9.17, 15) is 4.79 Å². The maximum Gasteiger partial charge on any atom is 0.253 e. The molecule has 22 heavy (non-hydrogen) atoms. The van der Waals surface area contributed by atoms with Crippen LogP contribution in [0.15, 0.2) is 24.5 Å². The number of terminal acetylenes is 1. The average molecular weight is 297 g/mol. The number of rotatable bonds is 4. The van der Waals surface area contributed by atoms with Crippen molar-refractivity contribution in [1.82, 2.24) is 14.9 Å². The van der Waals surface area contributed by atoms with Gasteiger partial charge in [0, 0.05) is 24.6 Å². The molecule has 0 radical (unpaired) electrons. The third kappa shape index (κ3) is 3.12. The molecule has 2 heterocycles. The molecule has 2 aromatic rings. The number of H-pyrrole nitrogens is 1. The molecule has 114 valence electrons. The lowest BCUT2D eigenvalue weighted by molar-refractivity contribution is 0.0534. The smallest absolute Gasteiger partial charge is 0.253 e. The van der Waals surface area contributed by atoms with Crippen LogP contribution in [0.1, 0.15) is 23.2 Å². The molecule has 1 N–H and O–H groups in total. The van der Waals surface area contributed by atoms with Crippen molar-refractivity contribution in [3.05, 3.63) is 30.1 Å². The molecule has 1 atom stereocenters. The highest BCUT2D eigenvalue weighted by Gasteiger charge is 2.24. The summed E-state index contributed by atoms with van der Waals surface area (Å²) in [6, 6.07) is 5.57. The first kappa shape index (κ1) is 14.6. The van der Waals surface area contributed by atoms with Gasteiger partial charge >= 0.3 is 0 Å². The van der Waals surface area contributed by atoms with Crippen LogP contribution in [0.5, 0.6) is 0 Å². The summed E-state index contributed by atoms with van der Waals surface area (Å²) in [5.74, 6) is 2.90. The molecular formula is C17H19N3O2. The van der Waals surface area contributed by atoms with Gasteiger partial charge in [-0.25, -0.2) is 4.98 Å². The van der Waals surface area contributed by atoms with Gasteiger partial charge in [-0.3, -0.25) is 4.79 Å². The van der Waals surface area contributed by atoms with Crippen molar-refractivity contribution in [1.29, 1.82) is 0 Å². The first-order chi connectivity index (χ1) is 10.8. The van der Waals surface area contributed by atoms with Crippen molar-refractivity contribution >= 4 is 16.9 Å². The third-order valence-corrected chi connectivity index (χ3v) is 4.01. The van der Waals surface area contributed by atoms with E-state index in [0.717, 1.165) is 37.0 Å². The number of imidazole rings is 1. The Morgan fingerprint density at radius 1 is 1.55 bits per heavy atom. The van der Waals surface area contributed by atoms with Gasteiger partial charge in [-0.05, 0) is 31.0 Å². The number of nitrogens with one attached hydrogen (secondary N) is 1. The normalized spacial score (nSPS) is 18.3. The fourth-order valence-corrected chi connectivity index (χ4v) is 2.92. The molecule has 1 aliphatic rings. The van der Waals surface area contributed by atoms with Crippen molar-refractivity contribution in [2.24, 2.45) is 5.92 Å². The predicted molar refractivity (Wildman–Crippen MR) is 84.4 cm³/mol. The summed E-state index contributed by atoms with van der Waals surface area (Å²) >= 11 is 0. The van der Waals surface area contributed by atoms with E-state index in [-0.39, 0.29) is 5.91 Å². The van der Waals surface area contributed by atoms with Crippen LogP contribution in [0.25, 0.3) is 11.0 Å². The van der Waals surface area contributed by atoms with Crippen LogP contribution in [0, 0.1) is 18.3 Å². The molecule has 0 bridgehead atoms. The number of amides is 1. The Balaban J connectivity index is 1.67. The highest BCUT2D eigenvalue weighted by atomic mass is 16.5. The monoisotopic (exact) mass is 297 g/mol. The number of nitrogens with zero attached hydrogens (tertiary/aromatic N) is 2.